The normalized spacial score (nSPS) is 10.8. The van der Waals surface area contributed by atoms with Crippen molar-refractivity contribution in [1.29, 1.82) is 0 Å². The second-order valence-corrected chi connectivity index (χ2v) is 6.08. The topological polar surface area (TPSA) is 55.6 Å². The van der Waals surface area contributed by atoms with Crippen LogP contribution in [0.25, 0.3) is 4.96 Å². The zero-order valence-corrected chi connectivity index (χ0v) is 13.4. The first-order chi connectivity index (χ1) is 10.6. The van der Waals surface area contributed by atoms with Crippen LogP contribution in [-0.2, 0) is 11.3 Å². The molecule has 0 unspecified atom stereocenters. The van der Waals surface area contributed by atoms with Crippen LogP contribution in [0.1, 0.15) is 11.3 Å². The van der Waals surface area contributed by atoms with E-state index in [0.29, 0.717) is 17.3 Å². The SMILES string of the molecule is Cc1cc(OCC(=O)NCc2cn3ccsc3n2)ccc1Cl. The number of hydrogen-bond acceptors (Lipinski definition) is 4. The third-order valence-electron chi connectivity index (χ3n) is 3.11. The molecule has 7 heteroatoms. The van der Waals surface area contributed by atoms with Crippen LogP contribution in [0, 0.1) is 6.92 Å². The van der Waals surface area contributed by atoms with Crippen molar-refractivity contribution >= 4 is 33.8 Å². The third kappa shape index (κ3) is 3.40. The molecule has 1 amide bonds. The average molecular weight is 336 g/mol. The van der Waals surface area contributed by atoms with Crippen molar-refractivity contribution in [3.05, 3.63) is 52.3 Å². The van der Waals surface area contributed by atoms with Crippen LogP contribution < -0.4 is 10.1 Å². The van der Waals surface area contributed by atoms with Crippen molar-refractivity contribution < 1.29 is 9.53 Å². The van der Waals surface area contributed by atoms with E-state index in [1.807, 2.05) is 29.1 Å². The summed E-state index contributed by atoms with van der Waals surface area (Å²) >= 11 is 7.50. The number of carbonyl (C=O) groups excluding carboxylic acids is 1. The molecule has 5 nitrogen and oxygen atoms in total. The number of aryl methyl sites for hydroxylation is 1. The van der Waals surface area contributed by atoms with E-state index < -0.39 is 0 Å². The Hall–Kier alpha value is -2.05. The van der Waals surface area contributed by atoms with Crippen LogP contribution >= 0.6 is 22.9 Å². The van der Waals surface area contributed by atoms with Gasteiger partial charge in [0.15, 0.2) is 11.6 Å². The minimum Gasteiger partial charge on any atom is -0.484 e. The largest absolute Gasteiger partial charge is 0.484 e. The number of amides is 1. The van der Waals surface area contributed by atoms with Crippen LogP contribution in [-0.4, -0.2) is 21.9 Å². The summed E-state index contributed by atoms with van der Waals surface area (Å²) in [7, 11) is 0. The predicted molar refractivity (Wildman–Crippen MR) is 86.6 cm³/mol. The number of imidazole rings is 1. The molecule has 0 radical (unpaired) electrons. The van der Waals surface area contributed by atoms with Crippen molar-refractivity contribution in [3.63, 3.8) is 0 Å². The van der Waals surface area contributed by atoms with E-state index in [1.54, 1.807) is 29.5 Å². The number of thiazole rings is 1. The van der Waals surface area contributed by atoms with Crippen molar-refractivity contribution in [2.75, 3.05) is 6.61 Å². The summed E-state index contributed by atoms with van der Waals surface area (Å²) in [6, 6.07) is 5.30. The number of halogens is 1. The molecule has 2 heterocycles. The first kappa shape index (κ1) is 14.9. The highest BCUT2D eigenvalue weighted by atomic mass is 35.5. The number of hydrogen-bond donors (Lipinski definition) is 1. The highest BCUT2D eigenvalue weighted by molar-refractivity contribution is 7.15. The molecular formula is C15H14ClN3O2S. The monoisotopic (exact) mass is 335 g/mol. The molecule has 2 aromatic heterocycles. The Kier molecular flexibility index (Phi) is 4.31. The van der Waals surface area contributed by atoms with Gasteiger partial charge < -0.3 is 10.1 Å². The first-order valence-corrected chi connectivity index (χ1v) is 7.94. The summed E-state index contributed by atoms with van der Waals surface area (Å²) < 4.78 is 7.37. The second kappa shape index (κ2) is 6.37. The summed E-state index contributed by atoms with van der Waals surface area (Å²) in [4.78, 5) is 17.1. The van der Waals surface area contributed by atoms with Crippen LogP contribution in [0.5, 0.6) is 5.75 Å². The minimum absolute atomic E-state index is 0.0384. The van der Waals surface area contributed by atoms with Crippen molar-refractivity contribution in [1.82, 2.24) is 14.7 Å². The fourth-order valence-electron chi connectivity index (χ4n) is 1.96. The maximum Gasteiger partial charge on any atom is 0.258 e. The number of nitrogens with zero attached hydrogens (tertiary/aromatic N) is 2. The molecule has 0 saturated carbocycles. The molecule has 0 aliphatic heterocycles. The number of fused-ring (bicyclic) bond motifs is 1. The van der Waals surface area contributed by atoms with Crippen LogP contribution in [0.2, 0.25) is 5.02 Å². The number of benzene rings is 1. The molecule has 0 spiro atoms. The lowest BCUT2D eigenvalue weighted by Crippen LogP contribution is -2.28. The van der Waals surface area contributed by atoms with Crippen molar-refractivity contribution in [3.8, 4) is 5.75 Å². The fraction of sp³-hybridized carbons (Fsp3) is 0.200. The number of rotatable bonds is 5. The third-order valence-corrected chi connectivity index (χ3v) is 4.30. The molecule has 1 aromatic carbocycles. The Labute approximate surface area is 136 Å². The van der Waals surface area contributed by atoms with E-state index in [-0.39, 0.29) is 12.5 Å². The zero-order chi connectivity index (χ0) is 15.5. The summed E-state index contributed by atoms with van der Waals surface area (Å²) in [6.07, 6.45) is 3.83. The molecule has 22 heavy (non-hydrogen) atoms. The lowest BCUT2D eigenvalue weighted by Gasteiger charge is -2.07. The van der Waals surface area contributed by atoms with Crippen molar-refractivity contribution in [2.24, 2.45) is 0 Å². The zero-order valence-electron chi connectivity index (χ0n) is 11.9. The Bertz CT molecular complexity index is 784. The maximum absolute atomic E-state index is 11.8. The number of ether oxygens (including phenoxy) is 1. The van der Waals surface area contributed by atoms with Crippen molar-refractivity contribution in [2.45, 2.75) is 13.5 Å². The molecule has 0 bridgehead atoms. The molecule has 3 aromatic rings. The van der Waals surface area contributed by atoms with Crippen LogP contribution in [0.15, 0.2) is 36.0 Å². The Morgan fingerprint density at radius 2 is 2.36 bits per heavy atom. The Balaban J connectivity index is 1.49. The van der Waals surface area contributed by atoms with E-state index >= 15 is 0 Å². The molecule has 3 rings (SSSR count). The van der Waals surface area contributed by atoms with Gasteiger partial charge in [-0.05, 0) is 30.7 Å². The van der Waals surface area contributed by atoms with Gasteiger partial charge in [-0.3, -0.25) is 9.20 Å². The smallest absolute Gasteiger partial charge is 0.258 e. The van der Waals surface area contributed by atoms with Gasteiger partial charge in [0.05, 0.1) is 12.2 Å². The number of nitrogens with one attached hydrogen (secondary N) is 1. The van der Waals surface area contributed by atoms with E-state index in [4.69, 9.17) is 16.3 Å². The van der Waals surface area contributed by atoms with Gasteiger partial charge in [-0.25, -0.2) is 4.98 Å². The summed E-state index contributed by atoms with van der Waals surface area (Å²) in [6.45, 7) is 2.24. The van der Waals surface area contributed by atoms with E-state index in [1.165, 1.54) is 0 Å². The first-order valence-electron chi connectivity index (χ1n) is 6.68. The predicted octanol–water partition coefficient (Wildman–Crippen LogP) is 3.05. The van der Waals surface area contributed by atoms with Gasteiger partial charge in [0.25, 0.3) is 5.91 Å². The highest BCUT2D eigenvalue weighted by Crippen LogP contribution is 2.20. The minimum atomic E-state index is -0.191. The lowest BCUT2D eigenvalue weighted by molar-refractivity contribution is -0.123. The molecule has 0 saturated heterocycles. The van der Waals surface area contributed by atoms with Gasteiger partial charge in [-0.1, -0.05) is 11.6 Å². The number of aromatic nitrogens is 2. The average Bonchev–Trinajstić information content (AvgIpc) is 3.07. The van der Waals surface area contributed by atoms with Gasteiger partial charge >= 0.3 is 0 Å². The fourth-order valence-corrected chi connectivity index (χ4v) is 2.79. The van der Waals surface area contributed by atoms with Gasteiger partial charge in [0.2, 0.25) is 0 Å². The Morgan fingerprint density at radius 3 is 3.14 bits per heavy atom. The lowest BCUT2D eigenvalue weighted by atomic mass is 10.2. The standard InChI is InChI=1S/C15H14ClN3O2S/c1-10-6-12(2-3-13(10)16)21-9-14(20)17-7-11-8-19-4-5-22-15(19)18-11/h2-6,8H,7,9H2,1H3,(H,17,20). The molecular weight excluding hydrogens is 322 g/mol. The quantitative estimate of drug-likeness (QED) is 0.779. The van der Waals surface area contributed by atoms with E-state index in [0.717, 1.165) is 16.2 Å². The van der Waals surface area contributed by atoms with Crippen LogP contribution in [0.3, 0.4) is 0 Å². The van der Waals surface area contributed by atoms with E-state index in [2.05, 4.69) is 10.3 Å². The Morgan fingerprint density at radius 1 is 1.50 bits per heavy atom. The summed E-state index contributed by atoms with van der Waals surface area (Å²) in [5.41, 5.74) is 1.74. The van der Waals surface area contributed by atoms with Crippen LogP contribution in [0.4, 0.5) is 0 Å². The van der Waals surface area contributed by atoms with Gasteiger partial charge in [0, 0.05) is 22.8 Å². The molecule has 1 N–H and O–H groups in total. The molecule has 0 aliphatic rings. The molecule has 0 aliphatic carbocycles. The summed E-state index contributed by atoms with van der Waals surface area (Å²) in [5, 5.41) is 5.43. The maximum atomic E-state index is 11.8. The molecule has 0 fully saturated rings. The van der Waals surface area contributed by atoms with Gasteiger partial charge in [0.1, 0.15) is 5.75 Å². The van der Waals surface area contributed by atoms with E-state index in [9.17, 15) is 4.79 Å². The second-order valence-electron chi connectivity index (χ2n) is 4.80. The number of carbonyl (C=O) groups is 1. The van der Waals surface area contributed by atoms with Gasteiger partial charge in [-0.15, -0.1) is 11.3 Å². The molecule has 0 atom stereocenters. The summed E-state index contributed by atoms with van der Waals surface area (Å²) in [5.74, 6) is 0.434. The highest BCUT2D eigenvalue weighted by Gasteiger charge is 2.07. The van der Waals surface area contributed by atoms with Gasteiger partial charge in [-0.2, -0.15) is 0 Å². The molecule has 114 valence electrons.